The normalized spacial score (nSPS) is 12.6. The predicted molar refractivity (Wildman–Crippen MR) is 106 cm³/mol. The van der Waals surface area contributed by atoms with E-state index in [1.54, 1.807) is 34.0 Å². The number of fused-ring (bicyclic) bond motifs is 1. The number of carbonyl (C=O) groups is 1. The molecular weight excluding hydrogens is 378 g/mol. The molecule has 0 spiro atoms. The molecule has 0 saturated heterocycles. The molecule has 2 aromatic carbocycles. The molecular formula is C21H20ClN3O3. The van der Waals surface area contributed by atoms with Crippen molar-refractivity contribution in [3.05, 3.63) is 71.0 Å². The zero-order valence-electron chi connectivity index (χ0n) is 15.5. The summed E-state index contributed by atoms with van der Waals surface area (Å²) in [5.74, 6) is 1.29. The number of halogens is 1. The van der Waals surface area contributed by atoms with E-state index in [-0.39, 0.29) is 5.91 Å². The molecule has 0 unspecified atom stereocenters. The van der Waals surface area contributed by atoms with E-state index < -0.39 is 0 Å². The topological polar surface area (TPSA) is 56.6 Å². The van der Waals surface area contributed by atoms with Gasteiger partial charge in [-0.25, -0.2) is 4.68 Å². The lowest BCUT2D eigenvalue weighted by molar-refractivity contribution is 0.0742. The molecule has 1 aromatic heterocycles. The van der Waals surface area contributed by atoms with E-state index in [2.05, 4.69) is 5.10 Å². The Morgan fingerprint density at radius 2 is 2.00 bits per heavy atom. The number of ether oxygens (including phenoxy) is 2. The molecule has 28 heavy (non-hydrogen) atoms. The van der Waals surface area contributed by atoms with Crippen LogP contribution in [0.3, 0.4) is 0 Å². The summed E-state index contributed by atoms with van der Waals surface area (Å²) in [6.45, 7) is 3.96. The maximum Gasteiger partial charge on any atom is 0.274 e. The zero-order chi connectivity index (χ0) is 19.5. The first-order valence-electron chi connectivity index (χ1n) is 9.14. The van der Waals surface area contributed by atoms with Crippen molar-refractivity contribution in [2.24, 2.45) is 0 Å². The van der Waals surface area contributed by atoms with Crippen molar-refractivity contribution in [3.63, 3.8) is 0 Å². The predicted octanol–water partition coefficient (Wildman–Crippen LogP) is 3.96. The summed E-state index contributed by atoms with van der Waals surface area (Å²) in [6.07, 6.45) is 1.76. The van der Waals surface area contributed by atoms with Gasteiger partial charge in [0.1, 0.15) is 13.2 Å². The number of aromatic nitrogens is 2. The van der Waals surface area contributed by atoms with Crippen LogP contribution < -0.4 is 9.47 Å². The van der Waals surface area contributed by atoms with Gasteiger partial charge in [0.05, 0.1) is 5.69 Å². The van der Waals surface area contributed by atoms with Gasteiger partial charge in [-0.05, 0) is 37.3 Å². The largest absolute Gasteiger partial charge is 0.486 e. The average molecular weight is 398 g/mol. The van der Waals surface area contributed by atoms with Crippen LogP contribution in [0.4, 0.5) is 0 Å². The van der Waals surface area contributed by atoms with Crippen molar-refractivity contribution in [3.8, 4) is 17.2 Å². The van der Waals surface area contributed by atoms with Crippen LogP contribution in [0.5, 0.6) is 11.5 Å². The fraction of sp³-hybridized carbons (Fsp3) is 0.238. The lowest BCUT2D eigenvalue weighted by Gasteiger charge is -2.25. The van der Waals surface area contributed by atoms with Crippen LogP contribution >= 0.6 is 11.6 Å². The summed E-state index contributed by atoms with van der Waals surface area (Å²) in [5.41, 5.74) is 2.10. The van der Waals surface area contributed by atoms with Crippen LogP contribution in [-0.2, 0) is 6.54 Å². The van der Waals surface area contributed by atoms with E-state index in [9.17, 15) is 4.79 Å². The minimum atomic E-state index is -0.141. The molecule has 7 heteroatoms. The minimum absolute atomic E-state index is 0.141. The quantitative estimate of drug-likeness (QED) is 0.654. The number of nitrogens with zero attached hydrogens (tertiary/aromatic N) is 3. The Balaban J connectivity index is 1.55. The molecule has 1 aliphatic rings. The molecule has 0 N–H and O–H groups in total. The van der Waals surface area contributed by atoms with E-state index in [4.69, 9.17) is 21.1 Å². The Morgan fingerprint density at radius 3 is 2.82 bits per heavy atom. The third-order valence-electron chi connectivity index (χ3n) is 4.56. The minimum Gasteiger partial charge on any atom is -0.486 e. The molecule has 2 heterocycles. The third kappa shape index (κ3) is 3.68. The number of carbonyl (C=O) groups excluding carboxylic acids is 1. The van der Waals surface area contributed by atoms with Crippen LogP contribution in [0.2, 0.25) is 5.02 Å². The molecule has 144 valence electrons. The third-order valence-corrected chi connectivity index (χ3v) is 4.79. The lowest BCUT2D eigenvalue weighted by atomic mass is 10.1. The standard InChI is InChI=1S/C21H20ClN3O3/c1-2-24(14-15-5-3-8-19-20(15)28-12-11-27-19)21(26)18-9-10-25(23-18)17-7-4-6-16(22)13-17/h3-10,13H,2,11-12,14H2,1H3. The van der Waals surface area contributed by atoms with Gasteiger partial charge in [-0.1, -0.05) is 29.8 Å². The number of hydrogen-bond donors (Lipinski definition) is 0. The van der Waals surface area contributed by atoms with E-state index >= 15 is 0 Å². The second-order valence-electron chi connectivity index (χ2n) is 6.39. The SMILES string of the molecule is CCN(Cc1cccc2c1OCCO2)C(=O)c1ccn(-c2cccc(Cl)c2)n1. The lowest BCUT2D eigenvalue weighted by Crippen LogP contribution is -2.31. The number of para-hydroxylation sites is 1. The number of hydrogen-bond acceptors (Lipinski definition) is 4. The van der Waals surface area contributed by atoms with E-state index in [1.807, 2.05) is 37.3 Å². The first kappa shape index (κ1) is 18.4. The fourth-order valence-electron chi connectivity index (χ4n) is 3.15. The summed E-state index contributed by atoms with van der Waals surface area (Å²) < 4.78 is 13.0. The van der Waals surface area contributed by atoms with E-state index in [0.717, 1.165) is 17.0 Å². The molecule has 0 atom stereocenters. The van der Waals surface area contributed by atoms with Gasteiger partial charge in [0.25, 0.3) is 5.91 Å². The highest BCUT2D eigenvalue weighted by atomic mass is 35.5. The zero-order valence-corrected chi connectivity index (χ0v) is 16.2. The van der Waals surface area contributed by atoms with Crippen molar-refractivity contribution < 1.29 is 14.3 Å². The number of amides is 1. The number of rotatable bonds is 5. The van der Waals surface area contributed by atoms with Crippen LogP contribution in [0.25, 0.3) is 5.69 Å². The van der Waals surface area contributed by atoms with Gasteiger partial charge < -0.3 is 14.4 Å². The number of benzene rings is 2. The Labute approximate surface area is 168 Å². The van der Waals surface area contributed by atoms with Crippen LogP contribution in [0.1, 0.15) is 23.0 Å². The van der Waals surface area contributed by atoms with Crippen LogP contribution in [0, 0.1) is 0 Å². The molecule has 1 amide bonds. The van der Waals surface area contributed by atoms with Gasteiger partial charge in [-0.2, -0.15) is 5.10 Å². The monoisotopic (exact) mass is 397 g/mol. The van der Waals surface area contributed by atoms with E-state index in [1.165, 1.54) is 0 Å². The molecule has 0 bridgehead atoms. The average Bonchev–Trinajstić information content (AvgIpc) is 3.22. The van der Waals surface area contributed by atoms with Crippen LogP contribution in [0.15, 0.2) is 54.7 Å². The van der Waals surface area contributed by atoms with Gasteiger partial charge in [0.2, 0.25) is 0 Å². The Bertz CT molecular complexity index is 1000. The van der Waals surface area contributed by atoms with Crippen molar-refractivity contribution in [1.29, 1.82) is 0 Å². The van der Waals surface area contributed by atoms with Gasteiger partial charge >= 0.3 is 0 Å². The Morgan fingerprint density at radius 1 is 1.18 bits per heavy atom. The molecule has 0 saturated carbocycles. The highest BCUT2D eigenvalue weighted by Gasteiger charge is 2.22. The smallest absolute Gasteiger partial charge is 0.274 e. The molecule has 0 aliphatic carbocycles. The first-order valence-corrected chi connectivity index (χ1v) is 9.52. The maximum absolute atomic E-state index is 13.0. The summed E-state index contributed by atoms with van der Waals surface area (Å²) >= 11 is 6.05. The molecule has 1 aliphatic heterocycles. The highest BCUT2D eigenvalue weighted by molar-refractivity contribution is 6.30. The molecule has 4 rings (SSSR count). The summed E-state index contributed by atoms with van der Waals surface area (Å²) in [7, 11) is 0. The van der Waals surface area contributed by atoms with Crippen molar-refractivity contribution >= 4 is 17.5 Å². The van der Waals surface area contributed by atoms with Gasteiger partial charge in [-0.3, -0.25) is 4.79 Å². The van der Waals surface area contributed by atoms with Crippen molar-refractivity contribution in [1.82, 2.24) is 14.7 Å². The molecule has 0 fully saturated rings. The Kier molecular flexibility index (Phi) is 5.21. The first-order chi connectivity index (χ1) is 13.7. The second-order valence-corrected chi connectivity index (χ2v) is 6.82. The van der Waals surface area contributed by atoms with Crippen molar-refractivity contribution in [2.45, 2.75) is 13.5 Å². The summed E-state index contributed by atoms with van der Waals surface area (Å²) in [6, 6.07) is 14.8. The summed E-state index contributed by atoms with van der Waals surface area (Å²) in [4.78, 5) is 14.7. The summed E-state index contributed by atoms with van der Waals surface area (Å²) in [5, 5.41) is 5.05. The second kappa shape index (κ2) is 7.94. The van der Waals surface area contributed by atoms with Gasteiger partial charge in [0, 0.05) is 29.9 Å². The fourth-order valence-corrected chi connectivity index (χ4v) is 3.34. The van der Waals surface area contributed by atoms with E-state index in [0.29, 0.717) is 42.8 Å². The van der Waals surface area contributed by atoms with Crippen LogP contribution in [-0.4, -0.2) is 40.3 Å². The Hall–Kier alpha value is -2.99. The van der Waals surface area contributed by atoms with Gasteiger partial charge in [-0.15, -0.1) is 0 Å². The molecule has 0 radical (unpaired) electrons. The van der Waals surface area contributed by atoms with Crippen molar-refractivity contribution in [2.75, 3.05) is 19.8 Å². The maximum atomic E-state index is 13.0. The highest BCUT2D eigenvalue weighted by Crippen LogP contribution is 2.34. The molecule has 3 aromatic rings. The van der Waals surface area contributed by atoms with Gasteiger partial charge in [0.15, 0.2) is 17.2 Å². The molecule has 6 nitrogen and oxygen atoms in total.